The van der Waals surface area contributed by atoms with Crippen LogP contribution < -0.4 is 10.6 Å². The second-order valence-corrected chi connectivity index (χ2v) is 9.11. The van der Waals surface area contributed by atoms with Crippen LogP contribution in [0, 0.1) is 5.82 Å². The predicted octanol–water partition coefficient (Wildman–Crippen LogP) is 3.79. The summed E-state index contributed by atoms with van der Waals surface area (Å²) in [6, 6.07) is 6.39. The van der Waals surface area contributed by atoms with E-state index in [4.69, 9.17) is 9.47 Å². The first-order valence-electron chi connectivity index (χ1n) is 10.6. The van der Waals surface area contributed by atoms with Gasteiger partial charge >= 0.3 is 5.97 Å². The Hall–Kier alpha value is -2.29. The van der Waals surface area contributed by atoms with Gasteiger partial charge < -0.3 is 14.8 Å². The minimum Gasteiger partial charge on any atom is -0.465 e. The maximum atomic E-state index is 13.4. The number of anilines is 1. The number of rotatable bonds is 6. The summed E-state index contributed by atoms with van der Waals surface area (Å²) in [4.78, 5) is 26.4. The number of methoxy groups -OCH3 is 1. The Labute approximate surface area is 185 Å². The molecule has 2 aromatic rings. The fraction of sp³-hybridized carbons (Fsp3) is 0.478. The van der Waals surface area contributed by atoms with Crippen LogP contribution in [0.5, 0.6) is 0 Å². The standard InChI is InChI=1S/C23H27FN2O4S/c1-29-22(28)20-17-4-2-3-5-18(17)31-21(20)26-19(27)14-25-23(10-12-30-13-11-23)15-6-8-16(24)9-7-15/h6-9,25H,2-5,10-14H2,1H3,(H,26,27). The van der Waals surface area contributed by atoms with Crippen LogP contribution in [0.25, 0.3) is 0 Å². The zero-order valence-corrected chi connectivity index (χ0v) is 18.4. The van der Waals surface area contributed by atoms with Gasteiger partial charge in [-0.25, -0.2) is 9.18 Å². The molecule has 1 amide bonds. The van der Waals surface area contributed by atoms with Gasteiger partial charge in [0.25, 0.3) is 0 Å². The molecule has 1 saturated heterocycles. The van der Waals surface area contributed by atoms with E-state index in [1.54, 1.807) is 12.1 Å². The molecule has 31 heavy (non-hydrogen) atoms. The molecule has 0 radical (unpaired) electrons. The zero-order chi connectivity index (χ0) is 21.8. The molecule has 0 spiro atoms. The largest absolute Gasteiger partial charge is 0.465 e. The van der Waals surface area contributed by atoms with Crippen molar-refractivity contribution < 1.29 is 23.5 Å². The van der Waals surface area contributed by atoms with Crippen molar-refractivity contribution in [2.45, 2.75) is 44.1 Å². The van der Waals surface area contributed by atoms with Gasteiger partial charge in [-0.2, -0.15) is 0 Å². The van der Waals surface area contributed by atoms with Crippen LogP contribution in [0.1, 0.15) is 52.0 Å². The number of thiophene rings is 1. The summed E-state index contributed by atoms with van der Waals surface area (Å²) in [6.07, 6.45) is 5.25. The average Bonchev–Trinajstić information content (AvgIpc) is 3.16. The van der Waals surface area contributed by atoms with Crippen LogP contribution >= 0.6 is 11.3 Å². The molecular formula is C23H27FN2O4S. The van der Waals surface area contributed by atoms with Crippen molar-refractivity contribution >= 4 is 28.2 Å². The Bertz CT molecular complexity index is 951. The lowest BCUT2D eigenvalue weighted by atomic mass is 9.82. The minimum absolute atomic E-state index is 0.0700. The molecule has 166 valence electrons. The first-order valence-corrected chi connectivity index (χ1v) is 11.5. The number of esters is 1. The SMILES string of the molecule is COC(=O)c1c(NC(=O)CNC2(c3ccc(F)cc3)CCOCC2)sc2c1CCCC2. The molecule has 8 heteroatoms. The van der Waals surface area contributed by atoms with E-state index in [1.807, 2.05) is 0 Å². The highest BCUT2D eigenvalue weighted by atomic mass is 32.1. The Morgan fingerprint density at radius 1 is 1.16 bits per heavy atom. The maximum absolute atomic E-state index is 13.4. The molecular weight excluding hydrogens is 419 g/mol. The van der Waals surface area contributed by atoms with Crippen molar-refractivity contribution in [3.63, 3.8) is 0 Å². The maximum Gasteiger partial charge on any atom is 0.341 e. The van der Waals surface area contributed by atoms with E-state index in [-0.39, 0.29) is 18.3 Å². The predicted molar refractivity (Wildman–Crippen MR) is 117 cm³/mol. The highest BCUT2D eigenvalue weighted by Crippen LogP contribution is 2.38. The van der Waals surface area contributed by atoms with E-state index in [0.29, 0.717) is 36.6 Å². The van der Waals surface area contributed by atoms with E-state index in [9.17, 15) is 14.0 Å². The van der Waals surface area contributed by atoms with Gasteiger partial charge in [0.2, 0.25) is 5.91 Å². The third-order valence-corrected chi connectivity index (χ3v) is 7.35. The van der Waals surface area contributed by atoms with Crippen molar-refractivity contribution in [1.29, 1.82) is 0 Å². The van der Waals surface area contributed by atoms with E-state index in [1.165, 1.54) is 30.6 Å². The quantitative estimate of drug-likeness (QED) is 0.661. The number of halogens is 1. The summed E-state index contributed by atoms with van der Waals surface area (Å²) in [5.41, 5.74) is 1.99. The monoisotopic (exact) mass is 446 g/mol. The molecule has 0 atom stereocenters. The van der Waals surface area contributed by atoms with Gasteiger partial charge in [-0.3, -0.25) is 10.1 Å². The molecule has 0 saturated carbocycles. The second-order valence-electron chi connectivity index (χ2n) is 8.01. The van der Waals surface area contributed by atoms with Crippen LogP contribution in [0.2, 0.25) is 0 Å². The van der Waals surface area contributed by atoms with E-state index in [0.717, 1.165) is 41.7 Å². The number of fused-ring (bicyclic) bond motifs is 1. The van der Waals surface area contributed by atoms with Gasteiger partial charge in [-0.1, -0.05) is 12.1 Å². The third-order valence-electron chi connectivity index (χ3n) is 6.14. The number of hydrogen-bond acceptors (Lipinski definition) is 6. The van der Waals surface area contributed by atoms with Crippen molar-refractivity contribution in [1.82, 2.24) is 5.32 Å². The number of nitrogens with one attached hydrogen (secondary N) is 2. The van der Waals surface area contributed by atoms with Gasteiger partial charge in [0.1, 0.15) is 10.8 Å². The van der Waals surface area contributed by atoms with Crippen molar-refractivity contribution in [2.24, 2.45) is 0 Å². The van der Waals surface area contributed by atoms with E-state index >= 15 is 0 Å². The molecule has 1 aromatic carbocycles. The topological polar surface area (TPSA) is 76.7 Å². The lowest BCUT2D eigenvalue weighted by Gasteiger charge is -2.38. The summed E-state index contributed by atoms with van der Waals surface area (Å²) in [6.45, 7) is 1.20. The number of carbonyl (C=O) groups excluding carboxylic acids is 2. The Morgan fingerprint density at radius 2 is 1.87 bits per heavy atom. The fourth-order valence-corrected chi connectivity index (χ4v) is 5.74. The molecule has 0 bridgehead atoms. The molecule has 1 aliphatic carbocycles. The average molecular weight is 447 g/mol. The molecule has 2 N–H and O–H groups in total. The van der Waals surface area contributed by atoms with E-state index < -0.39 is 11.5 Å². The number of ether oxygens (including phenoxy) is 2. The number of aryl methyl sites for hydroxylation is 1. The molecule has 0 unspecified atom stereocenters. The van der Waals surface area contributed by atoms with Gasteiger partial charge in [-0.15, -0.1) is 11.3 Å². The van der Waals surface area contributed by atoms with Crippen LogP contribution in [0.4, 0.5) is 9.39 Å². The Balaban J connectivity index is 1.50. The summed E-state index contributed by atoms with van der Waals surface area (Å²) >= 11 is 1.47. The van der Waals surface area contributed by atoms with Crippen molar-refractivity contribution in [3.8, 4) is 0 Å². The van der Waals surface area contributed by atoms with Gasteiger partial charge in [-0.05, 0) is 61.8 Å². The lowest BCUT2D eigenvalue weighted by Crippen LogP contribution is -2.49. The Morgan fingerprint density at radius 3 is 2.58 bits per heavy atom. The van der Waals surface area contributed by atoms with Gasteiger partial charge in [0, 0.05) is 23.6 Å². The van der Waals surface area contributed by atoms with Crippen LogP contribution in [-0.2, 0) is 32.6 Å². The normalized spacial score (nSPS) is 17.6. The first kappa shape index (κ1) is 21.9. The number of amides is 1. The summed E-state index contributed by atoms with van der Waals surface area (Å²) in [7, 11) is 1.36. The number of carbonyl (C=O) groups is 2. The number of hydrogen-bond donors (Lipinski definition) is 2. The molecule has 1 aromatic heterocycles. The summed E-state index contributed by atoms with van der Waals surface area (Å²) in [5.74, 6) is -0.924. The van der Waals surface area contributed by atoms with Crippen molar-refractivity contribution in [3.05, 3.63) is 51.7 Å². The highest BCUT2D eigenvalue weighted by Gasteiger charge is 2.35. The second kappa shape index (κ2) is 9.46. The minimum atomic E-state index is -0.455. The lowest BCUT2D eigenvalue weighted by molar-refractivity contribution is -0.116. The molecule has 1 fully saturated rings. The molecule has 2 aliphatic rings. The highest BCUT2D eigenvalue weighted by molar-refractivity contribution is 7.17. The first-order chi connectivity index (χ1) is 15.0. The van der Waals surface area contributed by atoms with Crippen molar-refractivity contribution in [2.75, 3.05) is 32.2 Å². The van der Waals surface area contributed by atoms with Gasteiger partial charge in [0.15, 0.2) is 0 Å². The Kier molecular flexibility index (Phi) is 6.69. The van der Waals surface area contributed by atoms with E-state index in [2.05, 4.69) is 10.6 Å². The zero-order valence-electron chi connectivity index (χ0n) is 17.6. The molecule has 1 aliphatic heterocycles. The molecule has 4 rings (SSSR count). The van der Waals surface area contributed by atoms with Crippen LogP contribution in [0.3, 0.4) is 0 Å². The molecule has 6 nitrogen and oxygen atoms in total. The number of benzene rings is 1. The smallest absolute Gasteiger partial charge is 0.341 e. The fourth-order valence-electron chi connectivity index (χ4n) is 4.45. The summed E-state index contributed by atoms with van der Waals surface area (Å²) in [5, 5.41) is 6.88. The summed E-state index contributed by atoms with van der Waals surface area (Å²) < 4.78 is 23.9. The molecule has 2 heterocycles. The van der Waals surface area contributed by atoms with Crippen LogP contribution in [0.15, 0.2) is 24.3 Å². The third kappa shape index (κ3) is 4.66. The van der Waals surface area contributed by atoms with Crippen LogP contribution in [-0.4, -0.2) is 38.7 Å². The van der Waals surface area contributed by atoms with Gasteiger partial charge in [0.05, 0.1) is 19.2 Å².